The van der Waals surface area contributed by atoms with E-state index in [9.17, 15) is 26.3 Å². The van der Waals surface area contributed by atoms with Crippen LogP contribution in [0.4, 0.5) is 26.3 Å². The first kappa shape index (κ1) is 15.7. The number of aliphatic imine (C=N–C) groups is 1. The molecule has 0 saturated heterocycles. The summed E-state index contributed by atoms with van der Waals surface area (Å²) in [6.45, 7) is 0.181. The predicted molar refractivity (Wildman–Crippen MR) is 61.9 cm³/mol. The molecular formula is C13H10F6NO. The summed E-state index contributed by atoms with van der Waals surface area (Å²) in [5.74, 6) is 0. The van der Waals surface area contributed by atoms with Gasteiger partial charge in [0.1, 0.15) is 6.61 Å². The minimum absolute atomic E-state index is 0.164. The molecule has 2 rings (SSSR count). The molecule has 0 fully saturated rings. The zero-order valence-corrected chi connectivity index (χ0v) is 10.6. The zero-order valence-electron chi connectivity index (χ0n) is 10.6. The Morgan fingerprint density at radius 1 is 1.14 bits per heavy atom. The van der Waals surface area contributed by atoms with E-state index < -0.39 is 23.5 Å². The summed E-state index contributed by atoms with van der Waals surface area (Å²) in [5, 5.41) is 0. The van der Waals surface area contributed by atoms with Gasteiger partial charge in [-0.2, -0.15) is 26.3 Å². The fraction of sp³-hybridized carbons (Fsp3) is 0.462. The summed E-state index contributed by atoms with van der Waals surface area (Å²) >= 11 is 0. The van der Waals surface area contributed by atoms with Crippen molar-refractivity contribution < 1.29 is 31.1 Å². The van der Waals surface area contributed by atoms with Crippen molar-refractivity contribution in [2.75, 3.05) is 6.61 Å². The predicted octanol–water partition coefficient (Wildman–Crippen LogP) is 3.96. The van der Waals surface area contributed by atoms with Crippen molar-refractivity contribution in [3.05, 3.63) is 34.9 Å². The van der Waals surface area contributed by atoms with Gasteiger partial charge < -0.3 is 4.74 Å². The maximum Gasteiger partial charge on any atom is 0.416 e. The number of aryl methyl sites for hydroxylation is 1. The molecule has 115 valence electrons. The topological polar surface area (TPSA) is 21.6 Å². The first-order valence-electron chi connectivity index (χ1n) is 6.02. The van der Waals surface area contributed by atoms with Gasteiger partial charge in [-0.3, -0.25) is 0 Å². The molecule has 1 unspecified atom stereocenters. The van der Waals surface area contributed by atoms with Gasteiger partial charge in [-0.1, -0.05) is 0 Å². The molecule has 0 N–H and O–H groups in total. The zero-order chi connectivity index (χ0) is 15.7. The lowest BCUT2D eigenvalue weighted by atomic mass is 9.97. The Balaban J connectivity index is 2.27. The fourth-order valence-corrected chi connectivity index (χ4v) is 2.01. The van der Waals surface area contributed by atoms with Crippen LogP contribution in [0.2, 0.25) is 0 Å². The Morgan fingerprint density at radius 2 is 1.86 bits per heavy atom. The Bertz CT molecular complexity index is 534. The quantitative estimate of drug-likeness (QED) is 0.774. The highest BCUT2D eigenvalue weighted by molar-refractivity contribution is 5.49. The van der Waals surface area contributed by atoms with Gasteiger partial charge in [0.2, 0.25) is 0 Å². The molecule has 1 aliphatic rings. The number of benzene rings is 1. The van der Waals surface area contributed by atoms with E-state index in [0.29, 0.717) is 18.2 Å². The van der Waals surface area contributed by atoms with Crippen molar-refractivity contribution in [1.29, 1.82) is 0 Å². The molecule has 1 aromatic rings. The summed E-state index contributed by atoms with van der Waals surface area (Å²) in [5.41, 5.74) is -2.54. The van der Waals surface area contributed by atoms with Crippen LogP contribution in [0.3, 0.4) is 0 Å². The van der Waals surface area contributed by atoms with Crippen molar-refractivity contribution in [1.82, 2.24) is 0 Å². The number of alkyl halides is 6. The van der Waals surface area contributed by atoms with E-state index in [-0.39, 0.29) is 31.1 Å². The normalized spacial score (nSPS) is 18.9. The van der Waals surface area contributed by atoms with Gasteiger partial charge in [0.05, 0.1) is 17.2 Å². The van der Waals surface area contributed by atoms with Crippen LogP contribution in [0.25, 0.3) is 0 Å². The van der Waals surface area contributed by atoms with Crippen LogP contribution in [0.1, 0.15) is 23.1 Å². The van der Waals surface area contributed by atoms with Crippen LogP contribution in [-0.2, 0) is 23.5 Å². The minimum Gasteiger partial charge on any atom is -0.472 e. The van der Waals surface area contributed by atoms with Gasteiger partial charge in [0, 0.05) is 0 Å². The third-order valence-corrected chi connectivity index (χ3v) is 3.06. The molecule has 0 saturated carbocycles. The van der Waals surface area contributed by atoms with Crippen LogP contribution < -0.4 is 0 Å². The summed E-state index contributed by atoms with van der Waals surface area (Å²) in [4.78, 5) is 3.74. The van der Waals surface area contributed by atoms with Gasteiger partial charge in [-0.15, -0.1) is 0 Å². The second kappa shape index (κ2) is 5.57. The lowest BCUT2D eigenvalue weighted by Crippen LogP contribution is -2.15. The Morgan fingerprint density at radius 3 is 2.38 bits per heavy atom. The molecule has 1 atom stereocenters. The van der Waals surface area contributed by atoms with Gasteiger partial charge >= 0.3 is 12.4 Å². The fourth-order valence-electron chi connectivity index (χ4n) is 2.01. The van der Waals surface area contributed by atoms with Crippen molar-refractivity contribution in [3.63, 3.8) is 0 Å². The van der Waals surface area contributed by atoms with E-state index in [1.165, 1.54) is 0 Å². The van der Waals surface area contributed by atoms with E-state index in [1.54, 1.807) is 0 Å². The molecular weight excluding hydrogens is 300 g/mol. The molecule has 0 aliphatic carbocycles. The Labute approximate surface area is 116 Å². The van der Waals surface area contributed by atoms with Crippen LogP contribution in [0.5, 0.6) is 0 Å². The largest absolute Gasteiger partial charge is 0.472 e. The molecule has 0 aromatic heterocycles. The SMILES string of the molecule is FC(F)(F)c1ccc(C(F)(F)F)c(CCC2CO[C]=N2)c1. The highest BCUT2D eigenvalue weighted by atomic mass is 19.4. The smallest absolute Gasteiger partial charge is 0.416 e. The van der Waals surface area contributed by atoms with Gasteiger partial charge in [-0.05, 0) is 36.6 Å². The summed E-state index contributed by atoms with van der Waals surface area (Å²) < 4.78 is 81.0. The molecule has 1 heterocycles. The summed E-state index contributed by atoms with van der Waals surface area (Å²) in [6, 6.07) is 1.09. The number of nitrogens with zero attached hydrogens (tertiary/aromatic N) is 1. The van der Waals surface area contributed by atoms with Crippen LogP contribution in [-0.4, -0.2) is 19.0 Å². The third kappa shape index (κ3) is 3.89. The Kier molecular flexibility index (Phi) is 4.15. The molecule has 1 aromatic carbocycles. The maximum absolute atomic E-state index is 12.8. The lowest BCUT2D eigenvalue weighted by Gasteiger charge is -2.16. The molecule has 21 heavy (non-hydrogen) atoms. The first-order valence-corrected chi connectivity index (χ1v) is 6.02. The summed E-state index contributed by atoms with van der Waals surface area (Å²) in [7, 11) is 0. The second-order valence-corrected chi connectivity index (χ2v) is 4.59. The van der Waals surface area contributed by atoms with Crippen LogP contribution >= 0.6 is 0 Å². The molecule has 2 nitrogen and oxygen atoms in total. The van der Waals surface area contributed by atoms with Gasteiger partial charge in [-0.25, -0.2) is 4.99 Å². The summed E-state index contributed by atoms with van der Waals surface area (Å²) in [6.07, 6.45) is -7.17. The van der Waals surface area contributed by atoms with Crippen molar-refractivity contribution >= 4 is 6.40 Å². The number of rotatable bonds is 3. The van der Waals surface area contributed by atoms with Crippen molar-refractivity contribution in [2.45, 2.75) is 31.2 Å². The van der Waals surface area contributed by atoms with Crippen LogP contribution in [0, 0.1) is 0 Å². The third-order valence-electron chi connectivity index (χ3n) is 3.06. The van der Waals surface area contributed by atoms with E-state index >= 15 is 0 Å². The number of ether oxygens (including phenoxy) is 1. The van der Waals surface area contributed by atoms with E-state index in [4.69, 9.17) is 4.74 Å². The lowest BCUT2D eigenvalue weighted by molar-refractivity contribution is -0.141. The first-order chi connectivity index (χ1) is 9.68. The van der Waals surface area contributed by atoms with E-state index in [1.807, 2.05) is 0 Å². The molecule has 0 spiro atoms. The van der Waals surface area contributed by atoms with E-state index in [2.05, 4.69) is 11.4 Å². The van der Waals surface area contributed by atoms with Crippen molar-refractivity contribution in [2.24, 2.45) is 4.99 Å². The average molecular weight is 310 g/mol. The van der Waals surface area contributed by atoms with Gasteiger partial charge in [0.15, 0.2) is 0 Å². The number of halogens is 6. The standard InChI is InChI=1S/C13H10F6NO/c14-12(15,16)9-2-4-11(13(17,18)19)8(5-9)1-3-10-6-21-7-20-10/h2,4-5,10H,1,3,6H2. The number of hydrogen-bond donors (Lipinski definition) is 0. The monoisotopic (exact) mass is 310 g/mol. The van der Waals surface area contributed by atoms with Crippen LogP contribution in [0.15, 0.2) is 23.2 Å². The average Bonchev–Trinajstić information content (AvgIpc) is 2.86. The van der Waals surface area contributed by atoms with Crippen molar-refractivity contribution in [3.8, 4) is 0 Å². The molecule has 8 heteroatoms. The molecule has 1 radical (unpaired) electrons. The second-order valence-electron chi connectivity index (χ2n) is 4.59. The van der Waals surface area contributed by atoms with Gasteiger partial charge in [0.25, 0.3) is 6.40 Å². The maximum atomic E-state index is 12.8. The number of hydrogen-bond acceptors (Lipinski definition) is 2. The highest BCUT2D eigenvalue weighted by Crippen LogP contribution is 2.37. The minimum atomic E-state index is -4.69. The Hall–Kier alpha value is -1.73. The molecule has 1 aliphatic heterocycles. The van der Waals surface area contributed by atoms with E-state index in [0.717, 1.165) is 0 Å². The molecule has 0 amide bonds. The highest BCUT2D eigenvalue weighted by Gasteiger charge is 2.36. The molecule has 0 bridgehead atoms.